The molecule has 0 amide bonds. The monoisotopic (exact) mass is 278 g/mol. The van der Waals surface area contributed by atoms with Gasteiger partial charge in [-0.1, -0.05) is 27.2 Å². The van der Waals surface area contributed by atoms with Crippen molar-refractivity contribution in [3.8, 4) is 0 Å². The zero-order valence-corrected chi connectivity index (χ0v) is 11.9. The van der Waals surface area contributed by atoms with Crippen molar-refractivity contribution in [1.82, 2.24) is 9.03 Å². The lowest BCUT2D eigenvalue weighted by Crippen LogP contribution is -2.50. The Bertz CT molecular complexity index is 396. The summed E-state index contributed by atoms with van der Waals surface area (Å²) in [5, 5.41) is 9.09. The molecule has 0 aromatic heterocycles. The molecule has 106 valence electrons. The minimum absolute atomic E-state index is 0.239. The molecule has 0 radical (unpaired) electrons. The Morgan fingerprint density at radius 2 is 2.17 bits per heavy atom. The van der Waals surface area contributed by atoms with Crippen molar-refractivity contribution in [2.75, 3.05) is 13.1 Å². The van der Waals surface area contributed by atoms with Gasteiger partial charge in [0.05, 0.1) is 0 Å². The summed E-state index contributed by atoms with van der Waals surface area (Å²) in [5.41, 5.74) is 0. The molecule has 1 aliphatic rings. The topological polar surface area (TPSA) is 86.7 Å². The quantitative estimate of drug-likeness (QED) is 0.747. The molecule has 18 heavy (non-hydrogen) atoms. The largest absolute Gasteiger partial charge is 0.480 e. The van der Waals surface area contributed by atoms with Gasteiger partial charge in [-0.3, -0.25) is 4.79 Å². The Labute approximate surface area is 109 Å². The van der Waals surface area contributed by atoms with Gasteiger partial charge in [-0.05, 0) is 18.3 Å². The molecule has 0 bridgehead atoms. The van der Waals surface area contributed by atoms with E-state index in [0.717, 1.165) is 6.42 Å². The van der Waals surface area contributed by atoms with Crippen LogP contribution in [0.5, 0.6) is 0 Å². The van der Waals surface area contributed by atoms with Crippen molar-refractivity contribution in [2.24, 2.45) is 11.8 Å². The molecule has 1 saturated heterocycles. The van der Waals surface area contributed by atoms with Crippen molar-refractivity contribution < 1.29 is 18.3 Å². The summed E-state index contributed by atoms with van der Waals surface area (Å²) in [6.45, 7) is 6.48. The van der Waals surface area contributed by atoms with E-state index in [-0.39, 0.29) is 5.92 Å². The van der Waals surface area contributed by atoms with Crippen LogP contribution < -0.4 is 4.72 Å². The predicted octanol–water partition coefficient (Wildman–Crippen LogP) is 0.662. The van der Waals surface area contributed by atoms with Gasteiger partial charge in [0.1, 0.15) is 6.04 Å². The third-order valence-corrected chi connectivity index (χ3v) is 5.04. The van der Waals surface area contributed by atoms with Gasteiger partial charge in [0.2, 0.25) is 0 Å². The van der Waals surface area contributed by atoms with Crippen LogP contribution in [0.1, 0.15) is 33.6 Å². The molecule has 1 fully saturated rings. The maximum atomic E-state index is 12.1. The van der Waals surface area contributed by atoms with Gasteiger partial charge in [0.25, 0.3) is 10.2 Å². The average molecular weight is 278 g/mol. The smallest absolute Gasteiger partial charge is 0.322 e. The second-order valence-electron chi connectivity index (χ2n) is 5.08. The van der Waals surface area contributed by atoms with Crippen molar-refractivity contribution in [1.29, 1.82) is 0 Å². The third kappa shape index (κ3) is 3.66. The van der Waals surface area contributed by atoms with Gasteiger partial charge in [0.15, 0.2) is 0 Å². The van der Waals surface area contributed by atoms with Crippen LogP contribution >= 0.6 is 0 Å². The number of hydrogen-bond acceptors (Lipinski definition) is 3. The summed E-state index contributed by atoms with van der Waals surface area (Å²) in [4.78, 5) is 11.1. The fourth-order valence-electron chi connectivity index (χ4n) is 1.99. The summed E-state index contributed by atoms with van der Waals surface area (Å²) < 4.78 is 27.8. The number of nitrogens with one attached hydrogen (secondary N) is 1. The van der Waals surface area contributed by atoms with E-state index >= 15 is 0 Å². The highest BCUT2D eigenvalue weighted by atomic mass is 32.2. The van der Waals surface area contributed by atoms with Crippen LogP contribution in [0.4, 0.5) is 0 Å². The summed E-state index contributed by atoms with van der Waals surface area (Å²) in [5.74, 6) is -1.04. The number of carboxylic acid groups (broad SMARTS) is 1. The highest BCUT2D eigenvalue weighted by Gasteiger charge is 2.34. The molecule has 0 aliphatic carbocycles. The number of hydrogen-bond donors (Lipinski definition) is 2. The number of rotatable bonds is 6. The zero-order chi connectivity index (χ0) is 13.9. The van der Waals surface area contributed by atoms with Crippen molar-refractivity contribution in [3.63, 3.8) is 0 Å². The van der Waals surface area contributed by atoms with E-state index in [0.29, 0.717) is 25.4 Å². The summed E-state index contributed by atoms with van der Waals surface area (Å²) in [6.07, 6.45) is 1.43. The highest BCUT2D eigenvalue weighted by molar-refractivity contribution is 7.87. The molecule has 1 unspecified atom stereocenters. The van der Waals surface area contributed by atoms with E-state index in [4.69, 9.17) is 5.11 Å². The molecular weight excluding hydrogens is 256 g/mol. The third-order valence-electron chi connectivity index (χ3n) is 3.48. The van der Waals surface area contributed by atoms with Crippen LogP contribution in [0.3, 0.4) is 0 Å². The fraction of sp³-hybridized carbons (Fsp3) is 0.909. The first-order chi connectivity index (χ1) is 8.27. The molecule has 3 atom stereocenters. The first-order valence-electron chi connectivity index (χ1n) is 6.28. The first-order valence-corrected chi connectivity index (χ1v) is 7.72. The Hall–Kier alpha value is -0.660. The summed E-state index contributed by atoms with van der Waals surface area (Å²) in [6, 6.07) is -1.06. The molecule has 0 saturated carbocycles. The van der Waals surface area contributed by atoms with Gasteiger partial charge in [-0.25, -0.2) is 0 Å². The molecule has 1 aliphatic heterocycles. The lowest BCUT2D eigenvalue weighted by Gasteiger charge is -2.23. The van der Waals surface area contributed by atoms with Gasteiger partial charge >= 0.3 is 5.97 Å². The SMILES string of the molecule is CC[C@H](C)[C@H](NS(=O)(=O)N1CCC(C)C1)C(=O)O. The number of nitrogens with zero attached hydrogens (tertiary/aromatic N) is 1. The molecule has 0 aromatic rings. The fourth-order valence-corrected chi connectivity index (χ4v) is 3.59. The second-order valence-corrected chi connectivity index (χ2v) is 6.78. The standard InChI is InChI=1S/C11H22N2O4S/c1-4-9(3)10(11(14)15)12-18(16,17)13-6-5-8(2)7-13/h8-10,12H,4-7H2,1-3H3,(H,14,15)/t8?,9-,10-/m0/s1. The number of aliphatic carboxylic acids is 1. The van der Waals surface area contributed by atoms with E-state index in [2.05, 4.69) is 4.72 Å². The summed E-state index contributed by atoms with van der Waals surface area (Å²) in [7, 11) is -3.69. The van der Waals surface area contributed by atoms with Crippen LogP contribution in [0.25, 0.3) is 0 Å². The Morgan fingerprint density at radius 1 is 1.56 bits per heavy atom. The minimum atomic E-state index is -3.69. The molecule has 2 N–H and O–H groups in total. The predicted molar refractivity (Wildman–Crippen MR) is 68.3 cm³/mol. The van der Waals surface area contributed by atoms with E-state index in [1.807, 2.05) is 13.8 Å². The molecule has 0 spiro atoms. The van der Waals surface area contributed by atoms with Crippen LogP contribution in [0.15, 0.2) is 0 Å². The van der Waals surface area contributed by atoms with Crippen LogP contribution in [0.2, 0.25) is 0 Å². The average Bonchev–Trinajstić information content (AvgIpc) is 2.72. The molecule has 6 nitrogen and oxygen atoms in total. The van der Waals surface area contributed by atoms with Crippen LogP contribution in [0, 0.1) is 11.8 Å². The van der Waals surface area contributed by atoms with Crippen molar-refractivity contribution in [3.05, 3.63) is 0 Å². The Morgan fingerprint density at radius 3 is 2.56 bits per heavy atom. The van der Waals surface area contributed by atoms with Crippen LogP contribution in [-0.4, -0.2) is 42.9 Å². The first kappa shape index (κ1) is 15.4. The highest BCUT2D eigenvalue weighted by Crippen LogP contribution is 2.19. The van der Waals surface area contributed by atoms with E-state index < -0.39 is 22.2 Å². The van der Waals surface area contributed by atoms with Crippen LogP contribution in [-0.2, 0) is 15.0 Å². The van der Waals surface area contributed by atoms with E-state index in [9.17, 15) is 13.2 Å². The zero-order valence-electron chi connectivity index (χ0n) is 11.1. The Balaban J connectivity index is 2.76. The van der Waals surface area contributed by atoms with Gasteiger partial charge in [-0.15, -0.1) is 0 Å². The van der Waals surface area contributed by atoms with Gasteiger partial charge in [-0.2, -0.15) is 17.4 Å². The molecule has 0 aromatic carbocycles. The van der Waals surface area contributed by atoms with Gasteiger partial charge in [0, 0.05) is 13.1 Å². The van der Waals surface area contributed by atoms with Crippen molar-refractivity contribution >= 4 is 16.2 Å². The lowest BCUT2D eigenvalue weighted by atomic mass is 10.0. The van der Waals surface area contributed by atoms with Gasteiger partial charge < -0.3 is 5.11 Å². The van der Waals surface area contributed by atoms with Crippen molar-refractivity contribution in [2.45, 2.75) is 39.7 Å². The second kappa shape index (κ2) is 5.99. The lowest BCUT2D eigenvalue weighted by molar-refractivity contribution is -0.140. The molecule has 1 heterocycles. The maximum Gasteiger partial charge on any atom is 0.322 e. The maximum absolute atomic E-state index is 12.1. The molecule has 1 rings (SSSR count). The normalized spacial score (nSPS) is 24.9. The summed E-state index contributed by atoms with van der Waals surface area (Å²) >= 11 is 0. The number of carbonyl (C=O) groups is 1. The minimum Gasteiger partial charge on any atom is -0.480 e. The Kier molecular flexibility index (Phi) is 5.12. The molecular formula is C11H22N2O4S. The van der Waals surface area contributed by atoms with E-state index in [1.165, 1.54) is 4.31 Å². The molecule has 7 heteroatoms. The van der Waals surface area contributed by atoms with E-state index in [1.54, 1.807) is 6.92 Å². The number of carboxylic acids is 1.